The van der Waals surface area contributed by atoms with Gasteiger partial charge in [0.2, 0.25) is 0 Å². The number of imidazole rings is 1. The van der Waals surface area contributed by atoms with Crippen molar-refractivity contribution in [2.75, 3.05) is 0 Å². The topological polar surface area (TPSA) is 53.8 Å². The largest absolute Gasteiger partial charge is 0.508 e. The fourth-order valence-electron chi connectivity index (χ4n) is 3.12. The van der Waals surface area contributed by atoms with E-state index in [0.717, 1.165) is 39.1 Å². The van der Waals surface area contributed by atoms with Crippen LogP contribution in [0.4, 0.5) is 0 Å². The van der Waals surface area contributed by atoms with Gasteiger partial charge in [0.25, 0.3) is 0 Å². The average Bonchev–Trinajstić information content (AvgIpc) is 3.11. The van der Waals surface area contributed by atoms with Crippen LogP contribution < -0.4 is 0 Å². The Labute approximate surface area is 134 Å². The maximum Gasteiger partial charge on any atom is 0.156 e. The molecule has 0 unspecified atom stereocenters. The van der Waals surface area contributed by atoms with Crippen LogP contribution >= 0.6 is 0 Å². The average molecular weight is 303 g/mol. The van der Waals surface area contributed by atoms with Gasteiger partial charge in [0.15, 0.2) is 5.82 Å². The Morgan fingerprint density at radius 1 is 1.13 bits per heavy atom. The van der Waals surface area contributed by atoms with Crippen LogP contribution in [0.15, 0.2) is 54.9 Å². The molecule has 0 aliphatic carbocycles. The number of rotatable bonds is 2. The zero-order chi connectivity index (χ0) is 16.0. The number of phenolic OH excluding ortho intramolecular Hbond substituents is 1. The summed E-state index contributed by atoms with van der Waals surface area (Å²) >= 11 is 0. The van der Waals surface area contributed by atoms with Crippen LogP contribution in [0.25, 0.3) is 33.5 Å². The number of nitrogens with zero attached hydrogens (tertiary/aromatic N) is 2. The summed E-state index contributed by atoms with van der Waals surface area (Å²) in [6.07, 6.45) is 3.74. The first-order valence-electron chi connectivity index (χ1n) is 7.53. The van der Waals surface area contributed by atoms with Gasteiger partial charge >= 0.3 is 0 Å². The number of aromatic hydroxyl groups is 1. The number of H-pyrrole nitrogens is 1. The van der Waals surface area contributed by atoms with Gasteiger partial charge in [0.1, 0.15) is 5.75 Å². The molecule has 4 nitrogen and oxygen atoms in total. The van der Waals surface area contributed by atoms with E-state index in [0.29, 0.717) is 0 Å². The van der Waals surface area contributed by atoms with Crippen LogP contribution in [0.3, 0.4) is 0 Å². The Bertz CT molecular complexity index is 1010. The van der Waals surface area contributed by atoms with Gasteiger partial charge in [-0.2, -0.15) is 0 Å². The highest BCUT2D eigenvalue weighted by atomic mass is 16.3. The number of nitrogens with one attached hydrogen (secondary N) is 1. The second-order valence-electron chi connectivity index (χ2n) is 5.78. The molecule has 0 radical (unpaired) electrons. The number of aromatic amines is 1. The molecule has 0 atom stereocenters. The van der Waals surface area contributed by atoms with E-state index in [9.17, 15) is 5.11 Å². The number of fused-ring (bicyclic) bond motifs is 1. The minimum Gasteiger partial charge on any atom is -0.508 e. The summed E-state index contributed by atoms with van der Waals surface area (Å²) in [5.41, 5.74) is 5.32. The molecule has 4 heteroatoms. The summed E-state index contributed by atoms with van der Waals surface area (Å²) < 4.78 is 2.00. The molecular formula is C19H17N3O. The third kappa shape index (κ3) is 2.11. The Balaban J connectivity index is 2.10. The summed E-state index contributed by atoms with van der Waals surface area (Å²) in [6.45, 7) is 2.01. The molecule has 2 heterocycles. The van der Waals surface area contributed by atoms with Crippen molar-refractivity contribution in [2.24, 2.45) is 7.05 Å². The predicted octanol–water partition coefficient (Wildman–Crippen LogP) is 4.25. The molecule has 0 saturated heterocycles. The number of phenols is 1. The van der Waals surface area contributed by atoms with Gasteiger partial charge < -0.3 is 14.7 Å². The van der Waals surface area contributed by atoms with Crippen molar-refractivity contribution in [1.82, 2.24) is 14.5 Å². The molecule has 4 rings (SSSR count). The molecular weight excluding hydrogens is 286 g/mol. The molecule has 2 aromatic heterocycles. The molecule has 0 spiro atoms. The third-order valence-electron chi connectivity index (χ3n) is 4.23. The van der Waals surface area contributed by atoms with Crippen molar-refractivity contribution in [3.05, 3.63) is 60.4 Å². The van der Waals surface area contributed by atoms with Crippen molar-refractivity contribution >= 4 is 10.9 Å². The molecule has 0 bridgehead atoms. The Hall–Kier alpha value is -3.01. The Morgan fingerprint density at radius 3 is 2.70 bits per heavy atom. The molecule has 0 fully saturated rings. The summed E-state index contributed by atoms with van der Waals surface area (Å²) in [7, 11) is 1.99. The Kier molecular flexibility index (Phi) is 2.98. The number of aryl methyl sites for hydroxylation is 2. The van der Waals surface area contributed by atoms with Gasteiger partial charge in [0.05, 0.1) is 5.69 Å². The summed E-state index contributed by atoms with van der Waals surface area (Å²) in [4.78, 5) is 8.00. The lowest BCUT2D eigenvalue weighted by Gasteiger charge is -2.09. The van der Waals surface area contributed by atoms with E-state index >= 15 is 0 Å². The lowest BCUT2D eigenvalue weighted by molar-refractivity contribution is 0.475. The van der Waals surface area contributed by atoms with Crippen molar-refractivity contribution in [3.63, 3.8) is 0 Å². The SMILES string of the molecule is Cc1cc(O)ccc1-c1c(-c2nccn2C)[nH]c2ccccc12. The standard InChI is InChI=1S/C19H17N3O/c1-12-11-13(23)7-8-14(12)17-15-5-3-4-6-16(15)21-18(17)19-20-9-10-22(19)2/h3-11,21,23H,1-2H3. The van der Waals surface area contributed by atoms with Crippen molar-refractivity contribution in [2.45, 2.75) is 6.92 Å². The highest BCUT2D eigenvalue weighted by Gasteiger charge is 2.18. The normalized spacial score (nSPS) is 11.2. The fraction of sp³-hybridized carbons (Fsp3) is 0.105. The smallest absolute Gasteiger partial charge is 0.156 e. The van der Waals surface area contributed by atoms with E-state index in [1.54, 1.807) is 18.3 Å². The number of hydrogen-bond acceptors (Lipinski definition) is 2. The van der Waals surface area contributed by atoms with Gasteiger partial charge in [-0.1, -0.05) is 24.3 Å². The number of para-hydroxylation sites is 1. The zero-order valence-electron chi connectivity index (χ0n) is 13.0. The molecule has 0 aliphatic heterocycles. The molecule has 114 valence electrons. The van der Waals surface area contributed by atoms with Crippen LogP contribution in [0.2, 0.25) is 0 Å². The van der Waals surface area contributed by atoms with Gasteiger partial charge in [-0.05, 0) is 36.2 Å². The quantitative estimate of drug-likeness (QED) is 0.581. The molecule has 2 N–H and O–H groups in total. The monoisotopic (exact) mass is 303 g/mol. The molecule has 0 amide bonds. The van der Waals surface area contributed by atoms with E-state index in [4.69, 9.17) is 0 Å². The molecule has 4 aromatic rings. The highest BCUT2D eigenvalue weighted by Crippen LogP contribution is 2.39. The second-order valence-corrected chi connectivity index (χ2v) is 5.78. The number of aromatic nitrogens is 3. The van der Waals surface area contributed by atoms with Crippen LogP contribution in [-0.2, 0) is 7.05 Å². The Morgan fingerprint density at radius 2 is 1.96 bits per heavy atom. The predicted molar refractivity (Wildman–Crippen MR) is 92.3 cm³/mol. The number of hydrogen-bond donors (Lipinski definition) is 2. The van der Waals surface area contributed by atoms with Crippen LogP contribution in [0.5, 0.6) is 5.75 Å². The van der Waals surface area contributed by atoms with Crippen LogP contribution in [0, 0.1) is 6.92 Å². The molecule has 0 saturated carbocycles. The fourth-order valence-corrected chi connectivity index (χ4v) is 3.12. The van der Waals surface area contributed by atoms with Crippen molar-refractivity contribution in [3.8, 4) is 28.4 Å². The van der Waals surface area contributed by atoms with Gasteiger partial charge in [-0.3, -0.25) is 0 Å². The molecule has 23 heavy (non-hydrogen) atoms. The zero-order valence-corrected chi connectivity index (χ0v) is 13.0. The van der Waals surface area contributed by atoms with E-state index in [1.165, 1.54) is 0 Å². The summed E-state index contributed by atoms with van der Waals surface area (Å²) in [5, 5.41) is 10.9. The molecule has 0 aliphatic rings. The van der Waals surface area contributed by atoms with Gasteiger partial charge in [-0.15, -0.1) is 0 Å². The van der Waals surface area contributed by atoms with Crippen molar-refractivity contribution < 1.29 is 5.11 Å². The van der Waals surface area contributed by atoms with Gasteiger partial charge in [-0.25, -0.2) is 4.98 Å². The summed E-state index contributed by atoms with van der Waals surface area (Å²) in [5.74, 6) is 1.17. The minimum absolute atomic E-state index is 0.282. The molecule has 2 aromatic carbocycles. The lowest BCUT2D eigenvalue weighted by atomic mass is 9.97. The maximum atomic E-state index is 9.72. The minimum atomic E-state index is 0.282. The van der Waals surface area contributed by atoms with E-state index in [2.05, 4.69) is 22.1 Å². The number of benzene rings is 2. The van der Waals surface area contributed by atoms with Crippen LogP contribution in [0.1, 0.15) is 5.56 Å². The highest BCUT2D eigenvalue weighted by molar-refractivity contribution is 6.03. The van der Waals surface area contributed by atoms with Crippen molar-refractivity contribution in [1.29, 1.82) is 0 Å². The first-order valence-corrected chi connectivity index (χ1v) is 7.53. The van der Waals surface area contributed by atoms with E-state index < -0.39 is 0 Å². The third-order valence-corrected chi connectivity index (χ3v) is 4.23. The first kappa shape index (κ1) is 13.6. The second kappa shape index (κ2) is 5.02. The first-order chi connectivity index (χ1) is 11.1. The lowest BCUT2D eigenvalue weighted by Crippen LogP contribution is -1.94. The summed E-state index contributed by atoms with van der Waals surface area (Å²) in [6, 6.07) is 13.7. The van der Waals surface area contributed by atoms with E-state index in [-0.39, 0.29) is 5.75 Å². The van der Waals surface area contributed by atoms with Gasteiger partial charge in [0, 0.05) is 35.9 Å². The maximum absolute atomic E-state index is 9.72. The van der Waals surface area contributed by atoms with E-state index in [1.807, 2.05) is 42.9 Å². The van der Waals surface area contributed by atoms with Crippen LogP contribution in [-0.4, -0.2) is 19.6 Å².